The van der Waals surface area contributed by atoms with Crippen molar-refractivity contribution in [3.05, 3.63) is 29.3 Å². The van der Waals surface area contributed by atoms with Gasteiger partial charge in [-0.05, 0) is 37.1 Å². The summed E-state index contributed by atoms with van der Waals surface area (Å²) in [6, 6.07) is 6.47. The van der Waals surface area contributed by atoms with Crippen molar-refractivity contribution in [1.29, 1.82) is 0 Å². The van der Waals surface area contributed by atoms with Crippen LogP contribution in [-0.4, -0.2) is 46.4 Å². The Labute approximate surface area is 141 Å². The second-order valence-electron chi connectivity index (χ2n) is 5.50. The molecule has 0 bridgehead atoms. The summed E-state index contributed by atoms with van der Waals surface area (Å²) in [5.74, 6) is -0.192. The second-order valence-corrected chi connectivity index (χ2v) is 7.84. The zero-order valence-corrected chi connectivity index (χ0v) is 14.6. The van der Waals surface area contributed by atoms with Gasteiger partial charge in [-0.2, -0.15) is 0 Å². The van der Waals surface area contributed by atoms with Crippen LogP contribution in [-0.2, 0) is 19.6 Å². The summed E-state index contributed by atoms with van der Waals surface area (Å²) in [5, 5.41) is 3.31. The Balaban J connectivity index is 1.90. The zero-order valence-electron chi connectivity index (χ0n) is 13.0. The van der Waals surface area contributed by atoms with Gasteiger partial charge in [0.05, 0.1) is 18.0 Å². The molecule has 1 heterocycles. The number of nitrogens with zero attached hydrogens (tertiary/aromatic N) is 1. The molecule has 1 aliphatic heterocycles. The Hall–Kier alpha value is -1.31. The molecule has 2 rings (SSSR count). The van der Waals surface area contributed by atoms with Gasteiger partial charge in [0.2, 0.25) is 15.9 Å². The van der Waals surface area contributed by atoms with Gasteiger partial charge in [0.1, 0.15) is 0 Å². The first-order chi connectivity index (χ1) is 10.9. The van der Waals surface area contributed by atoms with Crippen LogP contribution in [0.4, 0.5) is 5.69 Å². The minimum Gasteiger partial charge on any atom is -0.376 e. The first-order valence-electron chi connectivity index (χ1n) is 7.48. The number of carbonyl (C=O) groups excluding carboxylic acids is 1. The molecular formula is C15H21ClN2O4S. The van der Waals surface area contributed by atoms with Crippen LogP contribution in [0, 0.1) is 0 Å². The number of anilines is 1. The molecule has 1 aliphatic rings. The molecule has 0 aromatic heterocycles. The van der Waals surface area contributed by atoms with Crippen LogP contribution < -0.4 is 9.62 Å². The molecule has 0 aliphatic carbocycles. The first kappa shape index (κ1) is 18.0. The van der Waals surface area contributed by atoms with E-state index in [2.05, 4.69) is 5.32 Å². The van der Waals surface area contributed by atoms with Crippen molar-refractivity contribution >= 4 is 33.2 Å². The predicted octanol–water partition coefficient (Wildman–Crippen LogP) is 1.79. The van der Waals surface area contributed by atoms with E-state index < -0.39 is 10.0 Å². The van der Waals surface area contributed by atoms with Gasteiger partial charge in [0.25, 0.3) is 0 Å². The van der Waals surface area contributed by atoms with Gasteiger partial charge < -0.3 is 10.1 Å². The number of rotatable bonds is 7. The van der Waals surface area contributed by atoms with E-state index in [1.165, 1.54) is 4.31 Å². The van der Waals surface area contributed by atoms with E-state index in [4.69, 9.17) is 16.3 Å². The molecular weight excluding hydrogens is 340 g/mol. The number of hydrogen-bond donors (Lipinski definition) is 1. The maximum Gasteiger partial charge on any atom is 0.232 e. The lowest BCUT2D eigenvalue weighted by Gasteiger charge is -2.22. The van der Waals surface area contributed by atoms with Gasteiger partial charge in [-0.25, -0.2) is 8.42 Å². The van der Waals surface area contributed by atoms with Gasteiger partial charge >= 0.3 is 0 Å². The van der Waals surface area contributed by atoms with E-state index in [9.17, 15) is 13.2 Å². The SMILES string of the molecule is CS(=O)(=O)N(CCC(=O)NCC1CCCO1)c1ccc(Cl)cc1. The lowest BCUT2D eigenvalue weighted by atomic mass is 10.2. The molecule has 1 fully saturated rings. The highest BCUT2D eigenvalue weighted by atomic mass is 35.5. The number of hydrogen-bond acceptors (Lipinski definition) is 4. The molecule has 0 saturated carbocycles. The first-order valence-corrected chi connectivity index (χ1v) is 9.70. The average Bonchev–Trinajstić information content (AvgIpc) is 2.99. The van der Waals surface area contributed by atoms with Crippen LogP contribution in [0.1, 0.15) is 19.3 Å². The van der Waals surface area contributed by atoms with Crippen molar-refractivity contribution in [1.82, 2.24) is 5.32 Å². The van der Waals surface area contributed by atoms with Crippen molar-refractivity contribution < 1.29 is 17.9 Å². The van der Waals surface area contributed by atoms with Gasteiger partial charge in [-0.15, -0.1) is 0 Å². The van der Waals surface area contributed by atoms with Crippen LogP contribution in [0.3, 0.4) is 0 Å². The van der Waals surface area contributed by atoms with Crippen molar-refractivity contribution in [2.24, 2.45) is 0 Å². The van der Waals surface area contributed by atoms with E-state index in [0.717, 1.165) is 25.7 Å². The summed E-state index contributed by atoms with van der Waals surface area (Å²) < 4.78 is 30.5. The summed E-state index contributed by atoms with van der Waals surface area (Å²) in [4.78, 5) is 11.9. The zero-order chi connectivity index (χ0) is 16.9. The highest BCUT2D eigenvalue weighted by molar-refractivity contribution is 7.92. The number of halogens is 1. The van der Waals surface area contributed by atoms with E-state index in [0.29, 0.717) is 17.3 Å². The number of benzene rings is 1. The molecule has 1 atom stereocenters. The molecule has 1 saturated heterocycles. The highest BCUT2D eigenvalue weighted by Crippen LogP contribution is 2.20. The number of nitrogens with one attached hydrogen (secondary N) is 1. The quantitative estimate of drug-likeness (QED) is 0.804. The Kier molecular flexibility index (Phi) is 6.26. The fraction of sp³-hybridized carbons (Fsp3) is 0.533. The lowest BCUT2D eigenvalue weighted by molar-refractivity contribution is -0.121. The molecule has 0 radical (unpaired) electrons. The van der Waals surface area contributed by atoms with E-state index in [1.54, 1.807) is 24.3 Å². The van der Waals surface area contributed by atoms with Crippen molar-refractivity contribution in [3.63, 3.8) is 0 Å². The topological polar surface area (TPSA) is 75.7 Å². The fourth-order valence-corrected chi connectivity index (χ4v) is 3.47. The second kappa shape index (κ2) is 7.99. The summed E-state index contributed by atoms with van der Waals surface area (Å²) in [7, 11) is -3.47. The fourth-order valence-electron chi connectivity index (χ4n) is 2.42. The van der Waals surface area contributed by atoms with Gasteiger partial charge in [0.15, 0.2) is 0 Å². The maximum atomic E-state index is 11.9. The summed E-state index contributed by atoms with van der Waals surface area (Å²) in [6.45, 7) is 1.29. The summed E-state index contributed by atoms with van der Waals surface area (Å²) >= 11 is 5.82. The number of sulfonamides is 1. The molecule has 128 valence electrons. The molecule has 6 nitrogen and oxygen atoms in total. The molecule has 1 aromatic rings. The maximum absolute atomic E-state index is 11.9. The van der Waals surface area contributed by atoms with Crippen LogP contribution >= 0.6 is 11.6 Å². The average molecular weight is 361 g/mol. The monoisotopic (exact) mass is 360 g/mol. The van der Waals surface area contributed by atoms with Crippen LogP contribution in [0.15, 0.2) is 24.3 Å². The largest absolute Gasteiger partial charge is 0.376 e. The number of ether oxygens (including phenoxy) is 1. The Morgan fingerprint density at radius 3 is 2.65 bits per heavy atom. The molecule has 8 heteroatoms. The third-order valence-electron chi connectivity index (χ3n) is 3.61. The smallest absolute Gasteiger partial charge is 0.232 e. The minimum atomic E-state index is -3.47. The van der Waals surface area contributed by atoms with E-state index in [1.807, 2.05) is 0 Å². The molecule has 1 aromatic carbocycles. The molecule has 1 amide bonds. The van der Waals surface area contributed by atoms with Crippen molar-refractivity contribution in [2.45, 2.75) is 25.4 Å². The number of carbonyl (C=O) groups is 1. The summed E-state index contributed by atoms with van der Waals surface area (Å²) in [5.41, 5.74) is 0.490. The minimum absolute atomic E-state index is 0.0706. The van der Waals surface area contributed by atoms with Crippen LogP contribution in [0.25, 0.3) is 0 Å². The number of amides is 1. The predicted molar refractivity (Wildman–Crippen MR) is 90.2 cm³/mol. The van der Waals surface area contributed by atoms with Gasteiger partial charge in [0, 0.05) is 31.1 Å². The van der Waals surface area contributed by atoms with Gasteiger partial charge in [-0.3, -0.25) is 9.10 Å². The van der Waals surface area contributed by atoms with E-state index in [-0.39, 0.29) is 25.0 Å². The lowest BCUT2D eigenvalue weighted by Crippen LogP contribution is -2.36. The van der Waals surface area contributed by atoms with E-state index >= 15 is 0 Å². The van der Waals surface area contributed by atoms with Crippen LogP contribution in [0.5, 0.6) is 0 Å². The van der Waals surface area contributed by atoms with Gasteiger partial charge in [-0.1, -0.05) is 11.6 Å². The Morgan fingerprint density at radius 2 is 2.09 bits per heavy atom. The Bertz CT molecular complexity index is 627. The van der Waals surface area contributed by atoms with Crippen molar-refractivity contribution in [2.75, 3.05) is 30.3 Å². The standard InChI is InChI=1S/C15H21ClN2O4S/c1-23(20,21)18(13-6-4-12(16)5-7-13)9-8-15(19)17-11-14-3-2-10-22-14/h4-7,14H,2-3,8-11H2,1H3,(H,17,19). The summed E-state index contributed by atoms with van der Waals surface area (Å²) in [6.07, 6.45) is 3.23. The molecule has 1 unspecified atom stereocenters. The molecule has 0 spiro atoms. The third kappa shape index (κ3) is 5.67. The molecule has 23 heavy (non-hydrogen) atoms. The Morgan fingerprint density at radius 1 is 1.39 bits per heavy atom. The van der Waals surface area contributed by atoms with Crippen molar-refractivity contribution in [3.8, 4) is 0 Å². The molecule has 1 N–H and O–H groups in total. The highest BCUT2D eigenvalue weighted by Gasteiger charge is 2.20. The normalized spacial score (nSPS) is 17.9. The third-order valence-corrected chi connectivity index (χ3v) is 5.05. The van der Waals surface area contributed by atoms with Crippen LogP contribution in [0.2, 0.25) is 5.02 Å².